The van der Waals surface area contributed by atoms with Gasteiger partial charge in [0.1, 0.15) is 35.4 Å². The topological polar surface area (TPSA) is 168 Å². The van der Waals surface area contributed by atoms with Crippen molar-refractivity contribution in [2.45, 2.75) is 45.1 Å². The fraction of sp³-hybridized carbons (Fsp3) is 0.333. The number of aromatic nitrogens is 1. The third-order valence-corrected chi connectivity index (χ3v) is 9.37. The van der Waals surface area contributed by atoms with Crippen LogP contribution in [0.25, 0.3) is 10.8 Å². The predicted octanol–water partition coefficient (Wildman–Crippen LogP) is 8.68. The third kappa shape index (κ3) is 11.6. The highest BCUT2D eigenvalue weighted by Gasteiger charge is 2.23. The maximum Gasteiger partial charge on any atom is 0.323 e. The lowest BCUT2D eigenvalue weighted by Gasteiger charge is -2.24. The SMILES string of the molecule is COc1cc(Nc2cc(Oc3ccc(NC(=O)Nc4cc(C(C)(C)C)cc(NS(C)(=O)=O)c4OC)c4ccccc34)ccn2)cc(OCCOCCOC2CC2)c1. The minimum absolute atomic E-state index is 0.176. The smallest absolute Gasteiger partial charge is 0.323 e. The number of carbonyl (C=O) groups is 1. The number of ether oxygens (including phenoxy) is 6. The molecule has 0 bridgehead atoms. The highest BCUT2D eigenvalue weighted by molar-refractivity contribution is 7.92. The number of fused-ring (bicyclic) bond motifs is 1. The van der Waals surface area contributed by atoms with Crippen molar-refractivity contribution in [1.82, 2.24) is 4.98 Å². The van der Waals surface area contributed by atoms with E-state index >= 15 is 0 Å². The zero-order valence-electron chi connectivity index (χ0n) is 32.9. The van der Waals surface area contributed by atoms with Crippen LogP contribution in [-0.4, -0.2) is 72.4 Å². The number of benzene rings is 4. The minimum Gasteiger partial charge on any atom is -0.497 e. The number of nitrogens with zero attached hydrogens (tertiary/aromatic N) is 1. The van der Waals surface area contributed by atoms with E-state index in [1.807, 2.05) is 57.2 Å². The van der Waals surface area contributed by atoms with E-state index in [2.05, 4.69) is 25.7 Å². The first-order valence-electron chi connectivity index (χ1n) is 18.5. The van der Waals surface area contributed by atoms with Gasteiger partial charge in [0.15, 0.2) is 5.75 Å². The van der Waals surface area contributed by atoms with Gasteiger partial charge < -0.3 is 44.4 Å². The largest absolute Gasteiger partial charge is 0.497 e. The van der Waals surface area contributed by atoms with Gasteiger partial charge in [0.05, 0.1) is 63.5 Å². The van der Waals surface area contributed by atoms with E-state index in [-0.39, 0.29) is 16.9 Å². The van der Waals surface area contributed by atoms with Crippen molar-refractivity contribution in [3.05, 3.63) is 90.6 Å². The summed E-state index contributed by atoms with van der Waals surface area (Å²) in [6.45, 7) is 7.89. The molecule has 1 aliphatic carbocycles. The Hall–Kier alpha value is -5.77. The highest BCUT2D eigenvalue weighted by Crippen LogP contribution is 2.40. The minimum atomic E-state index is -3.64. The number of pyridine rings is 1. The predicted molar refractivity (Wildman–Crippen MR) is 223 cm³/mol. The molecule has 15 heteroatoms. The normalized spacial score (nSPS) is 12.8. The van der Waals surface area contributed by atoms with Gasteiger partial charge in [-0.05, 0) is 54.2 Å². The summed E-state index contributed by atoms with van der Waals surface area (Å²) in [6.07, 6.45) is 5.39. The van der Waals surface area contributed by atoms with Crippen molar-refractivity contribution in [1.29, 1.82) is 0 Å². The lowest BCUT2D eigenvalue weighted by molar-refractivity contribution is 0.0301. The summed E-state index contributed by atoms with van der Waals surface area (Å²) in [7, 11) is -0.634. The summed E-state index contributed by atoms with van der Waals surface area (Å²) >= 11 is 0. The molecule has 0 spiro atoms. The molecular formula is C42H49N5O9S. The molecule has 14 nitrogen and oxygen atoms in total. The van der Waals surface area contributed by atoms with Crippen LogP contribution >= 0.6 is 0 Å². The maximum absolute atomic E-state index is 13.5. The Labute approximate surface area is 333 Å². The quantitative estimate of drug-likeness (QED) is 0.0626. The van der Waals surface area contributed by atoms with Crippen LogP contribution in [0, 0.1) is 0 Å². The van der Waals surface area contributed by atoms with Gasteiger partial charge in [0.2, 0.25) is 10.0 Å². The van der Waals surface area contributed by atoms with Crippen LogP contribution in [0.1, 0.15) is 39.2 Å². The van der Waals surface area contributed by atoms with E-state index < -0.39 is 16.1 Å². The van der Waals surface area contributed by atoms with E-state index in [4.69, 9.17) is 28.4 Å². The molecule has 0 unspecified atom stereocenters. The Morgan fingerprint density at radius 2 is 1.51 bits per heavy atom. The Bertz CT molecular complexity index is 2310. The van der Waals surface area contributed by atoms with Gasteiger partial charge in [-0.3, -0.25) is 4.72 Å². The second-order valence-corrected chi connectivity index (χ2v) is 16.2. The van der Waals surface area contributed by atoms with Crippen molar-refractivity contribution < 1.29 is 41.6 Å². The second kappa shape index (κ2) is 18.0. The van der Waals surface area contributed by atoms with Crippen molar-refractivity contribution in [2.24, 2.45) is 0 Å². The van der Waals surface area contributed by atoms with Crippen LogP contribution in [0.2, 0.25) is 0 Å². The lowest BCUT2D eigenvalue weighted by atomic mass is 9.86. The molecular weight excluding hydrogens is 751 g/mol. The summed E-state index contributed by atoms with van der Waals surface area (Å²) in [4.78, 5) is 18.0. The third-order valence-electron chi connectivity index (χ3n) is 8.78. The lowest BCUT2D eigenvalue weighted by Crippen LogP contribution is -2.22. The molecule has 1 aromatic heterocycles. The number of urea groups is 1. The van der Waals surface area contributed by atoms with Gasteiger partial charge in [0, 0.05) is 46.9 Å². The highest BCUT2D eigenvalue weighted by atomic mass is 32.2. The molecule has 57 heavy (non-hydrogen) atoms. The van der Waals surface area contributed by atoms with E-state index in [1.165, 1.54) is 7.11 Å². The number of hydrogen-bond donors (Lipinski definition) is 4. The summed E-state index contributed by atoms with van der Waals surface area (Å²) in [5, 5.41) is 10.6. The molecule has 0 radical (unpaired) electrons. The van der Waals surface area contributed by atoms with E-state index in [1.54, 1.807) is 55.8 Å². The monoisotopic (exact) mass is 799 g/mol. The Kier molecular flexibility index (Phi) is 12.9. The van der Waals surface area contributed by atoms with Crippen LogP contribution in [0.5, 0.6) is 28.7 Å². The van der Waals surface area contributed by atoms with Crippen LogP contribution < -0.4 is 39.6 Å². The van der Waals surface area contributed by atoms with Gasteiger partial charge in [-0.2, -0.15) is 0 Å². The first-order valence-corrected chi connectivity index (χ1v) is 20.4. The van der Waals surface area contributed by atoms with Crippen LogP contribution in [0.15, 0.2) is 85.1 Å². The molecule has 0 aliphatic heterocycles. The first-order chi connectivity index (χ1) is 27.3. The van der Waals surface area contributed by atoms with E-state index in [0.29, 0.717) is 78.4 Å². The van der Waals surface area contributed by atoms with Crippen molar-refractivity contribution in [2.75, 3.05) is 67.6 Å². The van der Waals surface area contributed by atoms with Gasteiger partial charge in [-0.25, -0.2) is 18.2 Å². The molecule has 0 saturated heterocycles. The molecule has 1 aliphatic rings. The fourth-order valence-corrected chi connectivity index (χ4v) is 6.44. The molecule has 302 valence electrons. The number of anilines is 5. The average molecular weight is 800 g/mol. The summed E-state index contributed by atoms with van der Waals surface area (Å²) in [6, 6.07) is 23.0. The molecule has 2 amide bonds. The molecule has 4 N–H and O–H groups in total. The maximum atomic E-state index is 13.5. The molecule has 5 aromatic rings. The van der Waals surface area contributed by atoms with Crippen LogP contribution in [-0.2, 0) is 24.9 Å². The number of rotatable bonds is 18. The molecule has 0 atom stereocenters. The molecule has 4 aromatic carbocycles. The molecule has 6 rings (SSSR count). The molecule has 1 saturated carbocycles. The Morgan fingerprint density at radius 3 is 2.23 bits per heavy atom. The van der Waals surface area contributed by atoms with Crippen molar-refractivity contribution in [3.8, 4) is 28.7 Å². The van der Waals surface area contributed by atoms with E-state index in [0.717, 1.165) is 35.4 Å². The average Bonchev–Trinajstić information content (AvgIpc) is 3.99. The van der Waals surface area contributed by atoms with Gasteiger partial charge in [-0.1, -0.05) is 45.0 Å². The van der Waals surface area contributed by atoms with Crippen LogP contribution in [0.3, 0.4) is 0 Å². The first kappa shape index (κ1) is 40.9. The Balaban J connectivity index is 1.14. The summed E-state index contributed by atoms with van der Waals surface area (Å²) in [5.41, 5.74) is 2.17. The van der Waals surface area contributed by atoms with Gasteiger partial charge >= 0.3 is 6.03 Å². The number of carbonyl (C=O) groups excluding carboxylic acids is 1. The number of amides is 2. The number of nitrogens with one attached hydrogen (secondary N) is 4. The zero-order chi connectivity index (χ0) is 40.6. The van der Waals surface area contributed by atoms with Crippen LogP contribution in [0.4, 0.5) is 33.4 Å². The molecule has 1 fully saturated rings. The van der Waals surface area contributed by atoms with Gasteiger partial charge in [-0.15, -0.1) is 0 Å². The molecule has 1 heterocycles. The number of hydrogen-bond acceptors (Lipinski definition) is 11. The van der Waals surface area contributed by atoms with Gasteiger partial charge in [0.25, 0.3) is 0 Å². The fourth-order valence-electron chi connectivity index (χ4n) is 5.89. The van der Waals surface area contributed by atoms with Crippen molar-refractivity contribution >= 4 is 55.4 Å². The summed E-state index contributed by atoms with van der Waals surface area (Å²) < 4.78 is 61.4. The Morgan fingerprint density at radius 1 is 0.789 bits per heavy atom. The number of sulfonamides is 1. The van der Waals surface area contributed by atoms with E-state index in [9.17, 15) is 13.2 Å². The zero-order valence-corrected chi connectivity index (χ0v) is 33.7. The van der Waals surface area contributed by atoms with Crippen molar-refractivity contribution in [3.63, 3.8) is 0 Å². The number of methoxy groups -OCH3 is 2. The second-order valence-electron chi connectivity index (χ2n) is 14.5. The standard InChI is InChI=1S/C42H49N5O9S/c1-42(2,3)27-21-36(40(52-5)37(22-27)47-57(6,49)50)46-41(48)45-35-13-14-38(34-10-8-7-9-33(34)35)56-30-15-16-43-39(26-30)44-28-23-31(51-4)25-32(24-28)55-20-18-53-17-19-54-29-11-12-29/h7-10,13-16,21-26,29,47H,11-12,17-20H2,1-6H3,(H,43,44)(H2,45,46,48). The summed E-state index contributed by atoms with van der Waals surface area (Å²) in [5.74, 6) is 3.02.